The molecule has 3 aromatic carbocycles. The predicted molar refractivity (Wildman–Crippen MR) is 214 cm³/mol. The highest BCUT2D eigenvalue weighted by Crippen LogP contribution is 2.58. The topological polar surface area (TPSA) is 0 Å². The first-order valence-corrected chi connectivity index (χ1v) is 20.2. The van der Waals surface area contributed by atoms with Gasteiger partial charge >= 0.3 is 0 Å². The van der Waals surface area contributed by atoms with Gasteiger partial charge in [0.15, 0.2) is 0 Å². The van der Waals surface area contributed by atoms with Crippen molar-refractivity contribution < 1.29 is 0 Å². The van der Waals surface area contributed by atoms with Crippen molar-refractivity contribution in [1.82, 2.24) is 0 Å². The number of benzene rings is 3. The minimum atomic E-state index is -0.148. The van der Waals surface area contributed by atoms with Crippen LogP contribution in [0.1, 0.15) is 22.3 Å². The lowest BCUT2D eigenvalue weighted by atomic mass is 9.84. The third-order valence-corrected chi connectivity index (χ3v) is 17.2. The van der Waals surface area contributed by atoms with Gasteiger partial charge in [-0.05, 0) is 22.3 Å². The molecule has 0 N–H and O–H groups in total. The van der Waals surface area contributed by atoms with E-state index in [9.17, 15) is 0 Å². The van der Waals surface area contributed by atoms with E-state index in [0.29, 0.717) is 5.56 Å². The summed E-state index contributed by atoms with van der Waals surface area (Å²) in [6.45, 7) is 0. The van der Waals surface area contributed by atoms with E-state index in [1.807, 2.05) is 22.3 Å². The summed E-state index contributed by atoms with van der Waals surface area (Å²) in [4.78, 5) is 0.958. The number of halogens is 14. The molecule has 3 aromatic rings. The van der Waals surface area contributed by atoms with Gasteiger partial charge in [-0.2, -0.15) is 0 Å². The second-order valence-corrected chi connectivity index (χ2v) is 18.1. The molecule has 2 aliphatic rings. The highest BCUT2D eigenvalue weighted by atomic mass is 35.5. The maximum absolute atomic E-state index is 6.98. The third kappa shape index (κ3) is 7.26. The Morgan fingerprint density at radius 3 is 1.16 bits per heavy atom. The number of allylic oxidation sites excluding steroid dienone is 1. The van der Waals surface area contributed by atoms with E-state index in [2.05, 4.69) is 0 Å². The third-order valence-electron chi connectivity index (χ3n) is 5.95. The van der Waals surface area contributed by atoms with Gasteiger partial charge in [0.05, 0.1) is 84.7 Å². The first-order valence-electron chi connectivity index (χ1n) is 11.4. The van der Waals surface area contributed by atoms with Crippen molar-refractivity contribution in [1.29, 1.82) is 0 Å². The van der Waals surface area contributed by atoms with E-state index >= 15 is 0 Å². The number of thioether (sulfide) groups is 4. The molecule has 0 atom stereocenters. The molecule has 0 fully saturated rings. The van der Waals surface area contributed by atoms with Gasteiger partial charge < -0.3 is 0 Å². The molecular formula is C27H5Cl14S4. The molecule has 0 saturated heterocycles. The Bertz CT molecular complexity index is 1750. The Kier molecular flexibility index (Phi) is 13.4. The molecule has 18 heteroatoms. The van der Waals surface area contributed by atoms with E-state index in [1.54, 1.807) is 53.1 Å². The van der Waals surface area contributed by atoms with Crippen LogP contribution in [0.5, 0.6) is 0 Å². The monoisotopic (exact) mass is 946 g/mol. The quantitative estimate of drug-likeness (QED) is 0.142. The number of hydrogen-bond acceptors (Lipinski definition) is 4. The van der Waals surface area contributed by atoms with Gasteiger partial charge in [-0.25, -0.2) is 0 Å². The zero-order chi connectivity index (χ0) is 33.1. The summed E-state index contributed by atoms with van der Waals surface area (Å²) in [7, 11) is 0. The molecular weight excluding hydrogens is 949 g/mol. The van der Waals surface area contributed by atoms with E-state index in [0.717, 1.165) is 4.91 Å². The lowest BCUT2D eigenvalue weighted by Crippen LogP contribution is -2.12. The highest BCUT2D eigenvalue weighted by Gasteiger charge is 2.38. The largest absolute Gasteiger partial charge is 0.0884 e. The minimum absolute atomic E-state index is 0.00263. The van der Waals surface area contributed by atoms with Crippen LogP contribution in [0.25, 0.3) is 6.08 Å². The fourth-order valence-electron chi connectivity index (χ4n) is 3.94. The number of hydrogen-bond donors (Lipinski definition) is 0. The lowest BCUT2D eigenvalue weighted by Gasteiger charge is -2.28. The predicted octanol–water partition coefficient (Wildman–Crippen LogP) is 18.3. The summed E-state index contributed by atoms with van der Waals surface area (Å²) in [5.41, 5.74) is 0.320. The van der Waals surface area contributed by atoms with Crippen molar-refractivity contribution in [3.63, 3.8) is 0 Å². The van der Waals surface area contributed by atoms with Crippen LogP contribution in [0, 0.1) is 5.92 Å². The highest BCUT2D eigenvalue weighted by molar-refractivity contribution is 8.33. The summed E-state index contributed by atoms with van der Waals surface area (Å²) in [5, 5.41) is 4.68. The smallest absolute Gasteiger partial charge is 0.0809 e. The maximum atomic E-state index is 6.98. The molecule has 2 heterocycles. The van der Waals surface area contributed by atoms with Crippen LogP contribution in [0.15, 0.2) is 35.7 Å². The normalized spacial score (nSPS) is 15.0. The van der Waals surface area contributed by atoms with Gasteiger partial charge in [0.25, 0.3) is 0 Å². The Labute approximate surface area is 345 Å². The molecule has 0 bridgehead atoms. The molecule has 0 nitrogen and oxygen atoms in total. The van der Waals surface area contributed by atoms with Crippen LogP contribution in [-0.4, -0.2) is 0 Å². The van der Waals surface area contributed by atoms with Crippen LogP contribution in [0.2, 0.25) is 70.3 Å². The fraction of sp³-hybridized carbons (Fsp3) is 0. The van der Waals surface area contributed by atoms with E-state index < -0.39 is 0 Å². The van der Waals surface area contributed by atoms with Gasteiger partial charge in [-0.1, -0.05) is 216 Å². The molecule has 1 radical (unpaired) electrons. The first kappa shape index (κ1) is 38.3. The second-order valence-electron chi connectivity index (χ2n) is 8.47. The second kappa shape index (κ2) is 15.8. The summed E-state index contributed by atoms with van der Waals surface area (Å²) in [5.74, 6) is -0.00263. The van der Waals surface area contributed by atoms with Crippen LogP contribution in [0.3, 0.4) is 0 Å². The lowest BCUT2D eigenvalue weighted by molar-refractivity contribution is 1.23. The zero-order valence-corrected chi connectivity index (χ0v) is 34.7. The average molecular weight is 954 g/mol. The Morgan fingerprint density at radius 2 is 0.756 bits per heavy atom. The van der Waals surface area contributed by atoms with E-state index in [1.165, 1.54) is 8.47 Å². The first-order chi connectivity index (χ1) is 21.2. The van der Waals surface area contributed by atoms with Crippen molar-refractivity contribution in [2.24, 2.45) is 0 Å². The summed E-state index contributed by atoms with van der Waals surface area (Å²) < 4.78 is 2.37. The molecule has 45 heavy (non-hydrogen) atoms. The van der Waals surface area contributed by atoms with Crippen LogP contribution in [0.4, 0.5) is 0 Å². The zero-order valence-electron chi connectivity index (χ0n) is 20.8. The van der Waals surface area contributed by atoms with Crippen LogP contribution >= 0.6 is 209 Å². The molecule has 235 valence electrons. The van der Waals surface area contributed by atoms with Gasteiger partial charge in [0, 0.05) is 27.2 Å². The van der Waals surface area contributed by atoms with E-state index in [4.69, 9.17) is 162 Å². The fourth-order valence-corrected chi connectivity index (χ4v) is 12.1. The van der Waals surface area contributed by atoms with Crippen molar-refractivity contribution in [2.45, 2.75) is 0 Å². The standard InChI is InChI=1S/C27H5Cl14S4/c28-12-7(2-1-6-5-44-27(45-6)26-42-3-4-43-26)13(29)15(31)9(14(12)30)8(10-16(32)20(36)24(40)21(37)17(10)33)11-18(34)22(38)25(41)23(39)19(11)35/h1-5H/b2-1+. The van der Waals surface area contributed by atoms with Gasteiger partial charge in [0.2, 0.25) is 0 Å². The molecule has 0 spiro atoms. The van der Waals surface area contributed by atoms with Crippen molar-refractivity contribution in [3.05, 3.63) is 134 Å². The summed E-state index contributed by atoms with van der Waals surface area (Å²) in [6.07, 6.45) is 3.56. The minimum Gasteiger partial charge on any atom is -0.0884 e. The van der Waals surface area contributed by atoms with Gasteiger partial charge in [0.1, 0.15) is 0 Å². The summed E-state index contributed by atoms with van der Waals surface area (Å²) >= 11 is 99.7. The Morgan fingerprint density at radius 1 is 0.400 bits per heavy atom. The van der Waals surface area contributed by atoms with Crippen LogP contribution in [-0.2, 0) is 0 Å². The van der Waals surface area contributed by atoms with Crippen molar-refractivity contribution in [2.75, 3.05) is 0 Å². The summed E-state index contributed by atoms with van der Waals surface area (Å²) in [6, 6.07) is 0. The molecule has 0 aliphatic carbocycles. The van der Waals surface area contributed by atoms with Crippen molar-refractivity contribution in [3.8, 4) is 0 Å². The van der Waals surface area contributed by atoms with Crippen molar-refractivity contribution >= 4 is 216 Å². The van der Waals surface area contributed by atoms with E-state index in [-0.39, 0.29) is 92.9 Å². The van der Waals surface area contributed by atoms with Crippen LogP contribution < -0.4 is 0 Å². The molecule has 0 unspecified atom stereocenters. The molecule has 0 saturated carbocycles. The Hall–Kier alpha value is 2.08. The van der Waals surface area contributed by atoms with Gasteiger partial charge in [-0.3, -0.25) is 0 Å². The molecule has 0 aromatic heterocycles. The number of rotatable bonds is 5. The van der Waals surface area contributed by atoms with Gasteiger partial charge in [-0.15, -0.1) is 0 Å². The molecule has 2 aliphatic heterocycles. The maximum Gasteiger partial charge on any atom is 0.0809 e. The molecule has 5 rings (SSSR count). The average Bonchev–Trinajstić information content (AvgIpc) is 3.73. The molecule has 0 amide bonds. The SMILES string of the molecule is Clc1c(Cl)c(Cl)c([C](c2c(Cl)c(Cl)c(Cl)c(Cl)c2Cl)c2c(Cl)c(Cl)c(/C=C/C3=CSC(=C4SC=CS4)S3)c(Cl)c2Cl)c(Cl)c1Cl. The Balaban J connectivity index is 1.75.